The molecule has 0 saturated carbocycles. The van der Waals surface area contributed by atoms with Gasteiger partial charge in [0.25, 0.3) is 5.91 Å². The van der Waals surface area contributed by atoms with E-state index in [0.29, 0.717) is 18.3 Å². The van der Waals surface area contributed by atoms with Crippen LogP contribution >= 0.6 is 12.4 Å². The summed E-state index contributed by atoms with van der Waals surface area (Å²) in [5, 5.41) is 15.1. The van der Waals surface area contributed by atoms with Crippen molar-refractivity contribution in [3.63, 3.8) is 0 Å². The predicted molar refractivity (Wildman–Crippen MR) is 105 cm³/mol. The van der Waals surface area contributed by atoms with Crippen LogP contribution < -0.4 is 10.6 Å². The SMILES string of the molecule is Cl.O=C(NCc1ccccc1-n1cccn1)c1ccn(C2CCCNC2)n1. The Morgan fingerprint density at radius 3 is 2.89 bits per heavy atom. The van der Waals surface area contributed by atoms with Crippen LogP contribution in [-0.2, 0) is 6.54 Å². The molecule has 3 heterocycles. The number of hydrogen-bond acceptors (Lipinski definition) is 4. The summed E-state index contributed by atoms with van der Waals surface area (Å²) < 4.78 is 3.70. The molecule has 1 fully saturated rings. The van der Waals surface area contributed by atoms with Gasteiger partial charge in [-0.2, -0.15) is 10.2 Å². The lowest BCUT2D eigenvalue weighted by atomic mass is 10.1. The number of aromatic nitrogens is 4. The van der Waals surface area contributed by atoms with Gasteiger partial charge in [0.1, 0.15) is 5.69 Å². The fourth-order valence-corrected chi connectivity index (χ4v) is 3.28. The zero-order valence-corrected chi connectivity index (χ0v) is 15.7. The molecule has 0 aliphatic carbocycles. The van der Waals surface area contributed by atoms with Crippen molar-refractivity contribution in [3.8, 4) is 5.69 Å². The molecule has 0 bridgehead atoms. The smallest absolute Gasteiger partial charge is 0.272 e. The second-order valence-electron chi connectivity index (χ2n) is 6.44. The lowest BCUT2D eigenvalue weighted by Crippen LogP contribution is -2.32. The Bertz CT molecular complexity index is 870. The quantitative estimate of drug-likeness (QED) is 0.705. The first kappa shape index (κ1) is 19.1. The summed E-state index contributed by atoms with van der Waals surface area (Å²) in [6, 6.07) is 11.9. The molecule has 27 heavy (non-hydrogen) atoms. The molecule has 4 rings (SSSR count). The van der Waals surface area contributed by atoms with E-state index >= 15 is 0 Å². The van der Waals surface area contributed by atoms with E-state index in [1.165, 1.54) is 0 Å². The first-order chi connectivity index (χ1) is 12.8. The van der Waals surface area contributed by atoms with Crippen LogP contribution in [0.4, 0.5) is 0 Å². The number of amides is 1. The standard InChI is InChI=1S/C19H22N6O.ClH/c26-19(17-8-12-24(23-17)16-6-3-9-20-14-16)21-13-15-5-1-2-7-18(15)25-11-4-10-22-25;/h1-2,4-5,7-8,10-12,16,20H,3,6,9,13-14H2,(H,21,26);1H. The van der Waals surface area contributed by atoms with E-state index in [9.17, 15) is 4.79 Å². The number of hydrogen-bond donors (Lipinski definition) is 2. The molecular formula is C19H23ClN6O. The van der Waals surface area contributed by atoms with Crippen molar-refractivity contribution in [1.29, 1.82) is 0 Å². The molecule has 8 heteroatoms. The number of nitrogens with zero attached hydrogens (tertiary/aromatic N) is 4. The normalized spacial score (nSPS) is 16.5. The highest BCUT2D eigenvalue weighted by Crippen LogP contribution is 2.16. The summed E-state index contributed by atoms with van der Waals surface area (Å²) >= 11 is 0. The van der Waals surface area contributed by atoms with Crippen molar-refractivity contribution in [1.82, 2.24) is 30.2 Å². The number of halogens is 1. The van der Waals surface area contributed by atoms with Crippen LogP contribution in [-0.4, -0.2) is 38.6 Å². The van der Waals surface area contributed by atoms with Gasteiger partial charge in [-0.25, -0.2) is 4.68 Å². The number of nitrogens with one attached hydrogen (secondary N) is 2. The molecule has 0 radical (unpaired) electrons. The van der Waals surface area contributed by atoms with Gasteiger partial charge in [0.15, 0.2) is 0 Å². The molecule has 1 saturated heterocycles. The highest BCUT2D eigenvalue weighted by molar-refractivity contribution is 5.92. The van der Waals surface area contributed by atoms with E-state index in [2.05, 4.69) is 20.8 Å². The number of piperidine rings is 1. The van der Waals surface area contributed by atoms with E-state index in [-0.39, 0.29) is 18.3 Å². The minimum atomic E-state index is -0.164. The van der Waals surface area contributed by atoms with Crippen molar-refractivity contribution >= 4 is 18.3 Å². The topological polar surface area (TPSA) is 76.8 Å². The molecule has 1 unspecified atom stereocenters. The average Bonchev–Trinajstić information content (AvgIpc) is 3.39. The lowest BCUT2D eigenvalue weighted by molar-refractivity contribution is 0.0944. The Labute approximate surface area is 164 Å². The maximum absolute atomic E-state index is 12.5. The Balaban J connectivity index is 0.00000210. The maximum atomic E-state index is 12.5. The fourth-order valence-electron chi connectivity index (χ4n) is 3.28. The van der Waals surface area contributed by atoms with Crippen LogP contribution in [0.1, 0.15) is 34.9 Å². The second kappa shape index (κ2) is 8.83. The summed E-state index contributed by atoms with van der Waals surface area (Å²) in [5.41, 5.74) is 2.41. The molecule has 2 N–H and O–H groups in total. The van der Waals surface area contributed by atoms with Crippen LogP contribution in [0, 0.1) is 0 Å². The van der Waals surface area contributed by atoms with Crippen LogP contribution in [0.15, 0.2) is 55.0 Å². The third-order valence-corrected chi connectivity index (χ3v) is 4.67. The third-order valence-electron chi connectivity index (χ3n) is 4.67. The predicted octanol–water partition coefficient (Wildman–Crippen LogP) is 2.35. The molecule has 1 aliphatic heterocycles. The zero-order valence-electron chi connectivity index (χ0n) is 14.9. The van der Waals surface area contributed by atoms with Crippen LogP contribution in [0.2, 0.25) is 0 Å². The summed E-state index contributed by atoms with van der Waals surface area (Å²) in [6.45, 7) is 2.38. The Kier molecular flexibility index (Phi) is 6.26. The van der Waals surface area contributed by atoms with E-state index in [0.717, 1.165) is 37.2 Å². The highest BCUT2D eigenvalue weighted by Gasteiger charge is 2.17. The summed E-state index contributed by atoms with van der Waals surface area (Å²) in [7, 11) is 0. The van der Waals surface area contributed by atoms with Crippen molar-refractivity contribution < 1.29 is 4.79 Å². The maximum Gasteiger partial charge on any atom is 0.272 e. The van der Waals surface area contributed by atoms with Gasteiger partial charge in [-0.05, 0) is 43.1 Å². The summed E-state index contributed by atoms with van der Waals surface area (Å²) in [5.74, 6) is -0.164. The first-order valence-electron chi connectivity index (χ1n) is 8.93. The largest absolute Gasteiger partial charge is 0.346 e. The van der Waals surface area contributed by atoms with E-state index in [1.807, 2.05) is 47.4 Å². The highest BCUT2D eigenvalue weighted by atomic mass is 35.5. The third kappa shape index (κ3) is 4.37. The number of benzene rings is 1. The molecule has 3 aromatic rings. The van der Waals surface area contributed by atoms with Gasteiger partial charge in [-0.15, -0.1) is 12.4 Å². The Hall–Kier alpha value is -2.64. The number of rotatable bonds is 5. The molecule has 7 nitrogen and oxygen atoms in total. The molecule has 1 atom stereocenters. The molecule has 2 aromatic heterocycles. The number of carbonyl (C=O) groups excluding carboxylic acids is 1. The van der Waals surface area contributed by atoms with Gasteiger partial charge in [0, 0.05) is 31.7 Å². The summed E-state index contributed by atoms with van der Waals surface area (Å²) in [4.78, 5) is 12.5. The van der Waals surface area contributed by atoms with Crippen molar-refractivity contribution in [2.45, 2.75) is 25.4 Å². The van der Waals surface area contributed by atoms with Gasteiger partial charge in [-0.1, -0.05) is 18.2 Å². The van der Waals surface area contributed by atoms with Crippen LogP contribution in [0.25, 0.3) is 5.69 Å². The Morgan fingerprint density at radius 1 is 1.22 bits per heavy atom. The summed E-state index contributed by atoms with van der Waals surface area (Å²) in [6.07, 6.45) is 7.75. The van der Waals surface area contributed by atoms with Crippen LogP contribution in [0.5, 0.6) is 0 Å². The van der Waals surface area contributed by atoms with Gasteiger partial charge < -0.3 is 10.6 Å². The first-order valence-corrected chi connectivity index (χ1v) is 8.93. The molecule has 1 aliphatic rings. The molecule has 0 spiro atoms. The Morgan fingerprint density at radius 2 is 2.11 bits per heavy atom. The molecule has 1 aromatic carbocycles. The zero-order chi connectivity index (χ0) is 17.8. The van der Waals surface area contributed by atoms with Gasteiger partial charge in [-0.3, -0.25) is 9.48 Å². The van der Waals surface area contributed by atoms with Crippen LogP contribution in [0.3, 0.4) is 0 Å². The minimum absolute atomic E-state index is 0. The monoisotopic (exact) mass is 386 g/mol. The van der Waals surface area contributed by atoms with Crippen molar-refractivity contribution in [3.05, 3.63) is 66.2 Å². The van der Waals surface area contributed by atoms with E-state index < -0.39 is 0 Å². The molecule has 1 amide bonds. The molecule has 142 valence electrons. The van der Waals surface area contributed by atoms with E-state index in [4.69, 9.17) is 0 Å². The van der Waals surface area contributed by atoms with Crippen molar-refractivity contribution in [2.75, 3.05) is 13.1 Å². The van der Waals surface area contributed by atoms with Gasteiger partial charge in [0.05, 0.1) is 11.7 Å². The minimum Gasteiger partial charge on any atom is -0.346 e. The number of carbonyl (C=O) groups is 1. The second-order valence-corrected chi connectivity index (χ2v) is 6.44. The lowest BCUT2D eigenvalue weighted by Gasteiger charge is -2.22. The van der Waals surface area contributed by atoms with Gasteiger partial charge in [0.2, 0.25) is 0 Å². The van der Waals surface area contributed by atoms with Crippen molar-refractivity contribution in [2.24, 2.45) is 0 Å². The van der Waals surface area contributed by atoms with Gasteiger partial charge >= 0.3 is 0 Å². The average molecular weight is 387 g/mol. The molecular weight excluding hydrogens is 364 g/mol. The number of para-hydroxylation sites is 1. The van der Waals surface area contributed by atoms with E-state index in [1.54, 1.807) is 16.9 Å². The fraction of sp³-hybridized carbons (Fsp3) is 0.316.